The molecule has 0 aromatic carbocycles. The molecule has 0 bridgehead atoms. The molecule has 1 saturated heterocycles. The summed E-state index contributed by atoms with van der Waals surface area (Å²) in [6.45, 7) is 1.53. The van der Waals surface area contributed by atoms with Crippen molar-refractivity contribution >= 4 is 19.7 Å². The van der Waals surface area contributed by atoms with Crippen LogP contribution in [0.3, 0.4) is 0 Å². The van der Waals surface area contributed by atoms with E-state index in [2.05, 4.69) is 0 Å². The highest BCUT2D eigenvalue weighted by Crippen LogP contribution is 2.51. The lowest BCUT2D eigenvalue weighted by atomic mass is 9.94. The summed E-state index contributed by atoms with van der Waals surface area (Å²) in [6, 6.07) is 0. The quantitative estimate of drug-likeness (QED) is 0.706. The van der Waals surface area contributed by atoms with Gasteiger partial charge in [0.05, 0.1) is 4.75 Å². The lowest BCUT2D eigenvalue weighted by Crippen LogP contribution is -2.26. The Bertz CT molecular complexity index is 302. The van der Waals surface area contributed by atoms with Gasteiger partial charge in [-0.2, -0.15) is 0 Å². The minimum absolute atomic E-state index is 0.486. The van der Waals surface area contributed by atoms with Crippen LogP contribution >= 0.6 is 10.7 Å². The normalized spacial score (nSPS) is 27.5. The van der Waals surface area contributed by atoms with Gasteiger partial charge in [-0.3, -0.25) is 0 Å². The molecule has 1 aliphatic carbocycles. The van der Waals surface area contributed by atoms with Gasteiger partial charge in [0.2, 0.25) is 9.05 Å². The molecule has 1 saturated carbocycles. The Labute approximate surface area is 89.2 Å². The molecule has 0 spiro atoms. The summed E-state index contributed by atoms with van der Waals surface area (Å²) < 4.78 is 27.3. The van der Waals surface area contributed by atoms with E-state index in [1.54, 1.807) is 0 Å². The van der Waals surface area contributed by atoms with Crippen LogP contribution in [-0.2, 0) is 13.8 Å². The van der Waals surface area contributed by atoms with E-state index < -0.39 is 13.8 Å². The maximum Gasteiger partial charge on any atom is 0.238 e. The highest BCUT2D eigenvalue weighted by atomic mass is 35.7. The minimum atomic E-state index is -3.36. The minimum Gasteiger partial charge on any atom is -0.381 e. The SMILES string of the molecule is O=S(=O)(Cl)C1(CC2CCOCC2)CC1. The van der Waals surface area contributed by atoms with Crippen molar-refractivity contribution < 1.29 is 13.2 Å². The molecule has 2 fully saturated rings. The molecule has 0 radical (unpaired) electrons. The van der Waals surface area contributed by atoms with Gasteiger partial charge in [-0.1, -0.05) is 0 Å². The zero-order valence-electron chi connectivity index (χ0n) is 8.04. The monoisotopic (exact) mass is 238 g/mol. The third kappa shape index (κ3) is 2.07. The molecule has 0 aromatic rings. The van der Waals surface area contributed by atoms with Crippen LogP contribution in [0.25, 0.3) is 0 Å². The summed E-state index contributed by atoms with van der Waals surface area (Å²) in [5.74, 6) is 0.486. The molecular weight excluding hydrogens is 224 g/mol. The van der Waals surface area contributed by atoms with Crippen molar-refractivity contribution in [3.63, 3.8) is 0 Å². The fourth-order valence-corrected chi connectivity index (χ4v) is 3.84. The van der Waals surface area contributed by atoms with Crippen LogP contribution in [0.15, 0.2) is 0 Å². The van der Waals surface area contributed by atoms with E-state index in [1.165, 1.54) is 0 Å². The number of halogens is 1. The van der Waals surface area contributed by atoms with Crippen molar-refractivity contribution in [3.8, 4) is 0 Å². The fraction of sp³-hybridized carbons (Fsp3) is 1.00. The molecule has 1 aliphatic heterocycles. The molecule has 3 nitrogen and oxygen atoms in total. The second-order valence-corrected chi connectivity index (χ2v) is 7.34. The predicted octanol–water partition coefficient (Wildman–Crippen LogP) is 1.90. The molecule has 0 N–H and O–H groups in total. The van der Waals surface area contributed by atoms with Gasteiger partial charge in [0.1, 0.15) is 0 Å². The summed E-state index contributed by atoms with van der Waals surface area (Å²) >= 11 is 0. The predicted molar refractivity (Wildman–Crippen MR) is 54.9 cm³/mol. The Morgan fingerprint density at radius 3 is 2.29 bits per heavy atom. The van der Waals surface area contributed by atoms with Gasteiger partial charge in [-0.25, -0.2) is 8.42 Å². The van der Waals surface area contributed by atoms with E-state index in [1.807, 2.05) is 0 Å². The number of ether oxygens (including phenoxy) is 1. The third-order valence-electron chi connectivity index (χ3n) is 3.33. The third-order valence-corrected chi connectivity index (χ3v) is 5.92. The highest BCUT2D eigenvalue weighted by molar-refractivity contribution is 8.15. The van der Waals surface area contributed by atoms with Crippen molar-refractivity contribution in [3.05, 3.63) is 0 Å². The van der Waals surface area contributed by atoms with E-state index in [-0.39, 0.29) is 0 Å². The molecule has 5 heteroatoms. The fourth-order valence-electron chi connectivity index (χ4n) is 2.16. The van der Waals surface area contributed by atoms with Crippen LogP contribution < -0.4 is 0 Å². The lowest BCUT2D eigenvalue weighted by molar-refractivity contribution is 0.0630. The molecule has 2 rings (SSSR count). The van der Waals surface area contributed by atoms with Crippen molar-refractivity contribution in [2.24, 2.45) is 5.92 Å². The lowest BCUT2D eigenvalue weighted by Gasteiger charge is -2.24. The number of hydrogen-bond acceptors (Lipinski definition) is 3. The second kappa shape index (κ2) is 3.65. The summed E-state index contributed by atoms with van der Waals surface area (Å²) in [6.07, 6.45) is 4.19. The highest BCUT2D eigenvalue weighted by Gasteiger charge is 2.54. The smallest absolute Gasteiger partial charge is 0.238 e. The Balaban J connectivity index is 1.97. The van der Waals surface area contributed by atoms with Crippen LogP contribution in [0.2, 0.25) is 0 Å². The van der Waals surface area contributed by atoms with E-state index in [0.29, 0.717) is 5.92 Å². The van der Waals surface area contributed by atoms with Gasteiger partial charge in [0, 0.05) is 23.9 Å². The van der Waals surface area contributed by atoms with Crippen LogP contribution in [-0.4, -0.2) is 26.4 Å². The van der Waals surface area contributed by atoms with Crippen molar-refractivity contribution in [2.75, 3.05) is 13.2 Å². The molecule has 1 heterocycles. The van der Waals surface area contributed by atoms with Crippen LogP contribution in [0.4, 0.5) is 0 Å². The molecule has 2 aliphatic rings. The number of rotatable bonds is 3. The van der Waals surface area contributed by atoms with Crippen molar-refractivity contribution in [2.45, 2.75) is 36.9 Å². The van der Waals surface area contributed by atoms with Gasteiger partial charge in [-0.05, 0) is 38.0 Å². The Morgan fingerprint density at radius 1 is 1.29 bits per heavy atom. The molecule has 0 amide bonds. The average molecular weight is 239 g/mol. The van der Waals surface area contributed by atoms with Gasteiger partial charge >= 0.3 is 0 Å². The zero-order valence-corrected chi connectivity index (χ0v) is 9.61. The van der Waals surface area contributed by atoms with Crippen LogP contribution in [0, 0.1) is 5.92 Å². The van der Waals surface area contributed by atoms with Crippen LogP contribution in [0.5, 0.6) is 0 Å². The number of hydrogen-bond donors (Lipinski definition) is 0. The molecule has 0 aromatic heterocycles. The molecule has 0 atom stereocenters. The summed E-state index contributed by atoms with van der Waals surface area (Å²) in [7, 11) is 2.09. The first-order valence-electron chi connectivity index (χ1n) is 5.05. The summed E-state index contributed by atoms with van der Waals surface area (Å²) in [4.78, 5) is 0. The standard InChI is InChI=1S/C9H15ClO3S/c10-14(11,12)9(3-4-9)7-8-1-5-13-6-2-8/h8H,1-7H2. The van der Waals surface area contributed by atoms with Gasteiger partial charge in [-0.15, -0.1) is 0 Å². The van der Waals surface area contributed by atoms with E-state index in [0.717, 1.165) is 45.3 Å². The van der Waals surface area contributed by atoms with Gasteiger partial charge < -0.3 is 4.74 Å². The van der Waals surface area contributed by atoms with E-state index in [9.17, 15) is 8.42 Å². The summed E-state index contributed by atoms with van der Waals surface area (Å²) in [5.41, 5.74) is 0. The Kier molecular flexibility index (Phi) is 2.79. The first kappa shape index (κ1) is 10.7. The van der Waals surface area contributed by atoms with E-state index >= 15 is 0 Å². The van der Waals surface area contributed by atoms with E-state index in [4.69, 9.17) is 15.4 Å². The second-order valence-electron chi connectivity index (χ2n) is 4.38. The van der Waals surface area contributed by atoms with Crippen molar-refractivity contribution in [1.29, 1.82) is 0 Å². The maximum atomic E-state index is 11.3. The maximum absolute atomic E-state index is 11.3. The molecular formula is C9H15ClO3S. The average Bonchev–Trinajstić information content (AvgIpc) is 2.86. The molecule has 82 valence electrons. The Morgan fingerprint density at radius 2 is 1.86 bits per heavy atom. The first-order chi connectivity index (χ1) is 6.54. The first-order valence-corrected chi connectivity index (χ1v) is 7.36. The van der Waals surface area contributed by atoms with Crippen LogP contribution in [0.1, 0.15) is 32.1 Å². The Hall–Kier alpha value is 0.200. The topological polar surface area (TPSA) is 43.4 Å². The zero-order chi connectivity index (χ0) is 10.2. The molecule has 14 heavy (non-hydrogen) atoms. The largest absolute Gasteiger partial charge is 0.381 e. The van der Waals surface area contributed by atoms with Gasteiger partial charge in [0.25, 0.3) is 0 Å². The van der Waals surface area contributed by atoms with Gasteiger partial charge in [0.15, 0.2) is 0 Å². The molecule has 0 unspecified atom stereocenters. The summed E-state index contributed by atoms with van der Waals surface area (Å²) in [5, 5.41) is 0. The van der Waals surface area contributed by atoms with Crippen molar-refractivity contribution in [1.82, 2.24) is 0 Å².